The summed E-state index contributed by atoms with van der Waals surface area (Å²) in [7, 11) is 3.19. The van der Waals surface area contributed by atoms with E-state index in [1.165, 1.54) is 24.1 Å². The van der Waals surface area contributed by atoms with Crippen LogP contribution in [0.1, 0.15) is 40.2 Å². The topological polar surface area (TPSA) is 130 Å². The number of aliphatic hydroxyl groups excluding tert-OH is 1. The molecule has 1 aliphatic rings. The SMILES string of the molecule is COc1ccc(C(OCC2OC(n3cnc4c(NC(=O)c5ccccc5)ncnc43)C(C)(F)C2O)(c2ccccc2)c2ccc(OC)cc2)cc1. The molecular formula is C39H36FN5O6. The maximum atomic E-state index is 16.7. The summed E-state index contributed by atoms with van der Waals surface area (Å²) in [4.78, 5) is 25.8. The molecule has 260 valence electrons. The Kier molecular flexibility index (Phi) is 9.21. The summed E-state index contributed by atoms with van der Waals surface area (Å²) in [5.74, 6) is 1.10. The van der Waals surface area contributed by atoms with Crippen molar-refractivity contribution in [2.75, 3.05) is 26.1 Å². The Balaban J connectivity index is 1.22. The predicted octanol–water partition coefficient (Wildman–Crippen LogP) is 6.09. The van der Waals surface area contributed by atoms with Crippen LogP contribution in [0.25, 0.3) is 11.2 Å². The maximum absolute atomic E-state index is 16.7. The highest BCUT2D eigenvalue weighted by molar-refractivity contribution is 6.06. The Morgan fingerprint density at radius 1 is 0.863 bits per heavy atom. The third-order valence-corrected chi connectivity index (χ3v) is 9.23. The van der Waals surface area contributed by atoms with Gasteiger partial charge in [0.15, 0.2) is 28.9 Å². The second-order valence-electron chi connectivity index (χ2n) is 12.3. The molecule has 0 bridgehead atoms. The lowest BCUT2D eigenvalue weighted by Gasteiger charge is -2.37. The molecule has 0 aliphatic carbocycles. The van der Waals surface area contributed by atoms with Gasteiger partial charge in [0.05, 0.1) is 27.2 Å². The number of rotatable bonds is 11. The van der Waals surface area contributed by atoms with Crippen LogP contribution in [-0.2, 0) is 15.1 Å². The number of halogens is 1. The van der Waals surface area contributed by atoms with Crippen LogP contribution in [0.2, 0.25) is 0 Å². The Hall–Kier alpha value is -5.69. The number of imidazole rings is 1. The van der Waals surface area contributed by atoms with Crippen molar-refractivity contribution in [1.29, 1.82) is 0 Å². The normalized spacial score (nSPS) is 20.3. The maximum Gasteiger partial charge on any atom is 0.256 e. The van der Waals surface area contributed by atoms with Crippen LogP contribution in [0.5, 0.6) is 11.5 Å². The second-order valence-corrected chi connectivity index (χ2v) is 12.3. The average Bonchev–Trinajstić information content (AvgIpc) is 3.70. The van der Waals surface area contributed by atoms with Crippen LogP contribution in [0.15, 0.2) is 122 Å². The molecule has 1 saturated heterocycles. The van der Waals surface area contributed by atoms with Crippen molar-refractivity contribution < 1.29 is 33.2 Å². The minimum absolute atomic E-state index is 0.151. The molecule has 4 atom stereocenters. The van der Waals surface area contributed by atoms with Crippen molar-refractivity contribution in [3.8, 4) is 11.5 Å². The van der Waals surface area contributed by atoms with Gasteiger partial charge in [0, 0.05) is 5.56 Å². The number of hydrogen-bond donors (Lipinski definition) is 2. The Labute approximate surface area is 293 Å². The van der Waals surface area contributed by atoms with Gasteiger partial charge in [0.2, 0.25) is 0 Å². The van der Waals surface area contributed by atoms with E-state index in [4.69, 9.17) is 18.9 Å². The number of aliphatic hydroxyl groups is 1. The van der Waals surface area contributed by atoms with E-state index in [9.17, 15) is 9.90 Å². The third kappa shape index (κ3) is 6.18. The van der Waals surface area contributed by atoms with E-state index in [1.54, 1.807) is 38.5 Å². The lowest BCUT2D eigenvalue weighted by atomic mass is 9.80. The standard InChI is InChI=1S/C39H36FN5O6/c1-38(40)33(46)31(51-37(38)45-24-43-32-34(41-23-42-35(32)45)44-36(47)25-10-6-4-7-11-25)22-50-39(26-12-8-5-9-13-26,27-14-18-29(48-2)19-15-27)28-16-20-30(49-3)21-17-28/h4-21,23-24,31,33,37,46H,22H2,1-3H3,(H,41,42,44,47). The monoisotopic (exact) mass is 689 g/mol. The summed E-state index contributed by atoms with van der Waals surface area (Å²) >= 11 is 0. The molecule has 0 spiro atoms. The molecule has 1 amide bonds. The van der Waals surface area contributed by atoms with Crippen LogP contribution < -0.4 is 14.8 Å². The second kappa shape index (κ2) is 13.9. The van der Waals surface area contributed by atoms with Gasteiger partial charge in [-0.1, -0.05) is 72.8 Å². The van der Waals surface area contributed by atoms with Crippen molar-refractivity contribution >= 4 is 22.9 Å². The first-order chi connectivity index (χ1) is 24.8. The highest BCUT2D eigenvalue weighted by Gasteiger charge is 2.56. The molecule has 51 heavy (non-hydrogen) atoms. The fourth-order valence-corrected chi connectivity index (χ4v) is 6.52. The van der Waals surface area contributed by atoms with Gasteiger partial charge in [-0.3, -0.25) is 9.36 Å². The van der Waals surface area contributed by atoms with Gasteiger partial charge in [-0.15, -0.1) is 0 Å². The molecule has 11 nitrogen and oxygen atoms in total. The first-order valence-electron chi connectivity index (χ1n) is 16.3. The van der Waals surface area contributed by atoms with Gasteiger partial charge >= 0.3 is 0 Å². The number of anilines is 1. The number of aromatic nitrogens is 4. The van der Waals surface area contributed by atoms with Crippen molar-refractivity contribution in [2.24, 2.45) is 0 Å². The number of nitrogens with zero attached hydrogens (tertiary/aromatic N) is 4. The summed E-state index contributed by atoms with van der Waals surface area (Å²) in [6.45, 7) is 1.06. The summed E-state index contributed by atoms with van der Waals surface area (Å²) in [6, 6.07) is 33.3. The zero-order valence-corrected chi connectivity index (χ0v) is 28.1. The van der Waals surface area contributed by atoms with Crippen LogP contribution in [0.4, 0.5) is 10.2 Å². The van der Waals surface area contributed by atoms with Crippen LogP contribution in [0.3, 0.4) is 0 Å². The van der Waals surface area contributed by atoms with E-state index in [2.05, 4.69) is 20.3 Å². The smallest absolute Gasteiger partial charge is 0.256 e. The lowest BCUT2D eigenvalue weighted by Crippen LogP contribution is -2.42. The van der Waals surface area contributed by atoms with E-state index >= 15 is 4.39 Å². The summed E-state index contributed by atoms with van der Waals surface area (Å²) < 4.78 is 42.2. The molecule has 2 N–H and O–H groups in total. The molecule has 7 rings (SSSR count). The Morgan fingerprint density at radius 2 is 1.43 bits per heavy atom. The molecule has 2 aromatic heterocycles. The zero-order chi connectivity index (χ0) is 35.6. The predicted molar refractivity (Wildman–Crippen MR) is 187 cm³/mol. The van der Waals surface area contributed by atoms with Crippen molar-refractivity contribution in [2.45, 2.75) is 36.6 Å². The highest BCUT2D eigenvalue weighted by atomic mass is 19.1. The first-order valence-corrected chi connectivity index (χ1v) is 16.3. The van der Waals surface area contributed by atoms with Gasteiger partial charge in [0.1, 0.15) is 35.6 Å². The van der Waals surface area contributed by atoms with Crippen LogP contribution >= 0.6 is 0 Å². The molecular weight excluding hydrogens is 653 g/mol. The van der Waals surface area contributed by atoms with Gasteiger partial charge in [0.25, 0.3) is 5.91 Å². The van der Waals surface area contributed by atoms with E-state index in [1.807, 2.05) is 84.9 Å². The lowest BCUT2D eigenvalue weighted by molar-refractivity contribution is -0.0949. The molecule has 1 fully saturated rings. The summed E-state index contributed by atoms with van der Waals surface area (Å²) in [6.07, 6.45) is -1.44. The zero-order valence-electron chi connectivity index (χ0n) is 28.1. The summed E-state index contributed by atoms with van der Waals surface area (Å²) in [5, 5.41) is 14.2. The highest BCUT2D eigenvalue weighted by Crippen LogP contribution is 2.46. The molecule has 0 saturated carbocycles. The molecule has 4 unspecified atom stereocenters. The third-order valence-electron chi connectivity index (χ3n) is 9.23. The fraction of sp³-hybridized carbons (Fsp3) is 0.231. The molecule has 0 radical (unpaired) electrons. The fourth-order valence-electron chi connectivity index (χ4n) is 6.52. The molecule has 12 heteroatoms. The number of amides is 1. The van der Waals surface area contributed by atoms with Crippen molar-refractivity contribution in [3.63, 3.8) is 0 Å². The number of ether oxygens (including phenoxy) is 4. The van der Waals surface area contributed by atoms with Gasteiger partial charge < -0.3 is 29.4 Å². The number of benzene rings is 4. The van der Waals surface area contributed by atoms with E-state index in [0.29, 0.717) is 17.1 Å². The minimum atomic E-state index is -2.30. The van der Waals surface area contributed by atoms with Crippen molar-refractivity contribution in [1.82, 2.24) is 19.5 Å². The number of nitrogens with one attached hydrogen (secondary N) is 1. The van der Waals surface area contributed by atoms with E-state index < -0.39 is 29.7 Å². The number of fused-ring (bicyclic) bond motifs is 1. The van der Waals surface area contributed by atoms with E-state index in [0.717, 1.165) is 16.7 Å². The average molecular weight is 690 g/mol. The summed E-state index contributed by atoms with van der Waals surface area (Å²) in [5.41, 5.74) is -0.285. The van der Waals surface area contributed by atoms with Crippen LogP contribution in [-0.4, -0.2) is 69.2 Å². The largest absolute Gasteiger partial charge is 0.497 e. The number of alkyl halides is 1. The number of carbonyl (C=O) groups is 1. The van der Waals surface area contributed by atoms with Gasteiger partial charge in [-0.2, -0.15) is 0 Å². The minimum Gasteiger partial charge on any atom is -0.497 e. The number of carbonyl (C=O) groups excluding carboxylic acids is 1. The first kappa shape index (κ1) is 33.8. The molecule has 6 aromatic rings. The molecule has 4 aromatic carbocycles. The van der Waals surface area contributed by atoms with Crippen molar-refractivity contribution in [3.05, 3.63) is 144 Å². The van der Waals surface area contributed by atoms with E-state index in [-0.39, 0.29) is 29.5 Å². The van der Waals surface area contributed by atoms with Crippen LogP contribution in [0, 0.1) is 0 Å². The number of methoxy groups -OCH3 is 2. The Bertz CT molecular complexity index is 2060. The molecule has 1 aliphatic heterocycles. The van der Waals surface area contributed by atoms with Gasteiger partial charge in [-0.25, -0.2) is 19.3 Å². The molecule has 3 heterocycles. The Morgan fingerprint density at radius 3 is 2.02 bits per heavy atom. The number of hydrogen-bond acceptors (Lipinski definition) is 9. The van der Waals surface area contributed by atoms with Gasteiger partial charge in [-0.05, 0) is 60.0 Å². The quantitative estimate of drug-likeness (QED) is 0.155.